The van der Waals surface area contributed by atoms with Gasteiger partial charge >= 0.3 is 0 Å². The van der Waals surface area contributed by atoms with Crippen LogP contribution in [0.3, 0.4) is 0 Å². The zero-order chi connectivity index (χ0) is 15.6. The lowest BCUT2D eigenvalue weighted by molar-refractivity contribution is 0.290. The summed E-state index contributed by atoms with van der Waals surface area (Å²) >= 11 is 5.51. The molecule has 0 fully saturated rings. The second-order valence-corrected chi connectivity index (χ2v) is 6.31. The molecule has 0 aliphatic rings. The number of nitrogens with zero attached hydrogens (tertiary/aromatic N) is 4. The average molecular weight is 309 g/mol. The molecule has 1 unspecified atom stereocenters. The Kier molecular flexibility index (Phi) is 4.95. The van der Waals surface area contributed by atoms with E-state index in [4.69, 9.17) is 17.0 Å². The van der Waals surface area contributed by atoms with E-state index in [-0.39, 0.29) is 6.04 Å². The van der Waals surface area contributed by atoms with Crippen LogP contribution in [-0.4, -0.2) is 52.2 Å². The van der Waals surface area contributed by atoms with Gasteiger partial charge in [0.25, 0.3) is 0 Å². The molecule has 0 spiro atoms. The Hall–Kier alpha value is -1.47. The number of rotatable bonds is 6. The molecular formula is C14H23N5OS. The van der Waals surface area contributed by atoms with Gasteiger partial charge in [0, 0.05) is 6.54 Å². The number of hydrogen-bond acceptors (Lipinski definition) is 5. The van der Waals surface area contributed by atoms with Crippen molar-refractivity contribution in [3.05, 3.63) is 11.1 Å². The maximum absolute atomic E-state index is 5.51. The van der Waals surface area contributed by atoms with Gasteiger partial charge in [0.15, 0.2) is 10.4 Å². The molecular weight excluding hydrogens is 286 g/mol. The molecule has 2 rings (SSSR count). The molecule has 0 saturated heterocycles. The molecule has 2 aromatic rings. The van der Waals surface area contributed by atoms with Gasteiger partial charge in [-0.1, -0.05) is 13.8 Å². The number of aromatic amines is 1. The SMILES string of the molecule is COc1ncnc2c1[nH]c(=S)n2C(CC(C)C)CN(C)C. The Bertz CT molecular complexity index is 651. The molecule has 7 heteroatoms. The maximum Gasteiger partial charge on any atom is 0.242 e. The summed E-state index contributed by atoms with van der Waals surface area (Å²) in [5.74, 6) is 1.10. The van der Waals surface area contributed by atoms with Crippen molar-refractivity contribution in [3.8, 4) is 5.88 Å². The number of nitrogens with one attached hydrogen (secondary N) is 1. The first-order valence-electron chi connectivity index (χ1n) is 7.08. The van der Waals surface area contributed by atoms with E-state index in [0.29, 0.717) is 16.6 Å². The second kappa shape index (κ2) is 6.53. The number of fused-ring (bicyclic) bond motifs is 1. The van der Waals surface area contributed by atoms with Gasteiger partial charge in [-0.3, -0.25) is 4.57 Å². The van der Waals surface area contributed by atoms with E-state index in [2.05, 4.69) is 52.4 Å². The fourth-order valence-corrected chi connectivity index (χ4v) is 2.97. The van der Waals surface area contributed by atoms with Gasteiger partial charge in [0.05, 0.1) is 13.2 Å². The van der Waals surface area contributed by atoms with Crippen LogP contribution in [-0.2, 0) is 0 Å². The molecule has 0 aliphatic carbocycles. The van der Waals surface area contributed by atoms with Gasteiger partial charge in [0.2, 0.25) is 5.88 Å². The molecule has 1 atom stereocenters. The summed E-state index contributed by atoms with van der Waals surface area (Å²) < 4.78 is 8.04. The first kappa shape index (κ1) is 15.9. The van der Waals surface area contributed by atoms with Crippen LogP contribution in [0.5, 0.6) is 5.88 Å². The summed E-state index contributed by atoms with van der Waals surface area (Å²) in [5.41, 5.74) is 1.57. The average Bonchev–Trinajstić information content (AvgIpc) is 2.72. The number of aromatic nitrogens is 4. The highest BCUT2D eigenvalue weighted by Gasteiger charge is 2.20. The molecule has 0 bridgehead atoms. The van der Waals surface area contributed by atoms with Crippen molar-refractivity contribution in [2.75, 3.05) is 27.7 Å². The Balaban J connectivity index is 2.56. The van der Waals surface area contributed by atoms with E-state index in [9.17, 15) is 0 Å². The maximum atomic E-state index is 5.51. The van der Waals surface area contributed by atoms with Crippen molar-refractivity contribution < 1.29 is 4.74 Å². The van der Waals surface area contributed by atoms with Crippen molar-refractivity contribution in [3.63, 3.8) is 0 Å². The number of H-pyrrole nitrogens is 1. The summed E-state index contributed by atoms with van der Waals surface area (Å²) in [4.78, 5) is 13.9. The standard InChI is InChI=1S/C14H23N5OS/c1-9(2)6-10(7-18(3)4)19-12-11(17-14(19)21)13(20-5)16-8-15-12/h8-10H,6-7H2,1-5H3,(H,17,21). The number of ether oxygens (including phenoxy) is 1. The van der Waals surface area contributed by atoms with E-state index in [1.165, 1.54) is 6.33 Å². The van der Waals surface area contributed by atoms with Gasteiger partial charge in [-0.2, -0.15) is 4.98 Å². The summed E-state index contributed by atoms with van der Waals surface area (Å²) in [5, 5.41) is 0. The van der Waals surface area contributed by atoms with Crippen molar-refractivity contribution in [1.29, 1.82) is 0 Å². The van der Waals surface area contributed by atoms with E-state index >= 15 is 0 Å². The van der Waals surface area contributed by atoms with Crippen LogP contribution in [0, 0.1) is 10.7 Å². The zero-order valence-electron chi connectivity index (χ0n) is 13.3. The van der Waals surface area contributed by atoms with Gasteiger partial charge in [-0.25, -0.2) is 4.98 Å². The van der Waals surface area contributed by atoms with Crippen molar-refractivity contribution in [2.24, 2.45) is 5.92 Å². The second-order valence-electron chi connectivity index (χ2n) is 5.93. The molecule has 0 saturated carbocycles. The van der Waals surface area contributed by atoms with Crippen LogP contribution in [0.15, 0.2) is 6.33 Å². The topological polar surface area (TPSA) is 59.0 Å². The molecule has 0 aliphatic heterocycles. The van der Waals surface area contributed by atoms with Crippen LogP contribution >= 0.6 is 12.2 Å². The van der Waals surface area contributed by atoms with Crippen LogP contribution in [0.25, 0.3) is 11.2 Å². The van der Waals surface area contributed by atoms with Crippen molar-refractivity contribution in [1.82, 2.24) is 24.4 Å². The van der Waals surface area contributed by atoms with Gasteiger partial charge in [0.1, 0.15) is 11.8 Å². The summed E-state index contributed by atoms with van der Waals surface area (Å²) in [6.45, 7) is 5.35. The predicted octanol–water partition coefficient (Wildman–Crippen LogP) is 2.65. The van der Waals surface area contributed by atoms with Crippen LogP contribution in [0.1, 0.15) is 26.3 Å². The lowest BCUT2D eigenvalue weighted by Crippen LogP contribution is -2.26. The minimum Gasteiger partial charge on any atom is -0.479 e. The summed E-state index contributed by atoms with van der Waals surface area (Å²) in [6, 6.07) is 0.265. The predicted molar refractivity (Wildman–Crippen MR) is 86.3 cm³/mol. The highest BCUT2D eigenvalue weighted by molar-refractivity contribution is 7.71. The Morgan fingerprint density at radius 1 is 1.38 bits per heavy atom. The molecule has 0 radical (unpaired) electrons. The largest absolute Gasteiger partial charge is 0.479 e. The summed E-state index contributed by atoms with van der Waals surface area (Å²) in [7, 11) is 5.74. The van der Waals surface area contributed by atoms with Gasteiger partial charge in [-0.05, 0) is 38.7 Å². The third-order valence-corrected chi connectivity index (χ3v) is 3.65. The normalized spacial score (nSPS) is 13.3. The fraction of sp³-hybridized carbons (Fsp3) is 0.643. The number of likely N-dealkylation sites (N-methyl/N-ethyl adjacent to an activating group) is 1. The summed E-state index contributed by atoms with van der Waals surface area (Å²) in [6.07, 6.45) is 2.55. The highest BCUT2D eigenvalue weighted by Crippen LogP contribution is 2.26. The molecule has 2 heterocycles. The van der Waals surface area contributed by atoms with Crippen LogP contribution in [0.4, 0.5) is 0 Å². The lowest BCUT2D eigenvalue weighted by atomic mass is 10.0. The first-order valence-corrected chi connectivity index (χ1v) is 7.48. The third-order valence-electron chi connectivity index (χ3n) is 3.35. The molecule has 2 aromatic heterocycles. The number of methoxy groups -OCH3 is 1. The number of hydrogen-bond donors (Lipinski definition) is 1. The Labute approximate surface area is 130 Å². The number of imidazole rings is 1. The fourth-order valence-electron chi connectivity index (χ4n) is 2.64. The van der Waals surface area contributed by atoms with Crippen LogP contribution in [0.2, 0.25) is 0 Å². The smallest absolute Gasteiger partial charge is 0.242 e. The van der Waals surface area contributed by atoms with E-state index in [1.54, 1.807) is 7.11 Å². The highest BCUT2D eigenvalue weighted by atomic mass is 32.1. The van der Waals surface area contributed by atoms with Gasteiger partial charge in [-0.15, -0.1) is 0 Å². The lowest BCUT2D eigenvalue weighted by Gasteiger charge is -2.24. The molecule has 1 N–H and O–H groups in total. The van der Waals surface area contributed by atoms with E-state index in [0.717, 1.165) is 24.1 Å². The monoisotopic (exact) mass is 309 g/mol. The molecule has 21 heavy (non-hydrogen) atoms. The van der Waals surface area contributed by atoms with Gasteiger partial charge < -0.3 is 14.6 Å². The van der Waals surface area contributed by atoms with E-state index in [1.807, 2.05) is 0 Å². The van der Waals surface area contributed by atoms with Crippen molar-refractivity contribution >= 4 is 23.4 Å². The molecule has 0 aromatic carbocycles. The zero-order valence-corrected chi connectivity index (χ0v) is 14.1. The van der Waals surface area contributed by atoms with E-state index < -0.39 is 0 Å². The Morgan fingerprint density at radius 3 is 2.67 bits per heavy atom. The third kappa shape index (κ3) is 3.41. The minimum atomic E-state index is 0.265. The molecule has 0 amide bonds. The minimum absolute atomic E-state index is 0.265. The van der Waals surface area contributed by atoms with Crippen molar-refractivity contribution in [2.45, 2.75) is 26.3 Å². The van der Waals surface area contributed by atoms with Crippen LogP contribution < -0.4 is 4.74 Å². The first-order chi connectivity index (χ1) is 9.93. The quantitative estimate of drug-likeness (QED) is 0.831. The Morgan fingerprint density at radius 2 is 2.10 bits per heavy atom. The molecule has 116 valence electrons. The molecule has 6 nitrogen and oxygen atoms in total.